The molecule has 102 valence electrons. The third-order valence-electron chi connectivity index (χ3n) is 3.93. The molecule has 0 aliphatic heterocycles. The van der Waals surface area contributed by atoms with Gasteiger partial charge >= 0.3 is 0 Å². The van der Waals surface area contributed by atoms with Crippen LogP contribution in [0, 0.1) is 5.41 Å². The van der Waals surface area contributed by atoms with Gasteiger partial charge in [-0.15, -0.1) is 0 Å². The smallest absolute Gasteiger partial charge is 0.228 e. The quantitative estimate of drug-likeness (QED) is 0.888. The van der Waals surface area contributed by atoms with Gasteiger partial charge in [0.15, 0.2) is 0 Å². The van der Waals surface area contributed by atoms with Gasteiger partial charge < -0.3 is 15.0 Å². The van der Waals surface area contributed by atoms with Crippen molar-refractivity contribution in [3.8, 4) is 0 Å². The van der Waals surface area contributed by atoms with Crippen molar-refractivity contribution >= 4 is 0 Å². The van der Waals surface area contributed by atoms with Crippen LogP contribution in [0.15, 0.2) is 4.52 Å². The SMILES string of the molecule is COC1(c2noc(CC(N)C(C)(C)C)n2)CCC1. The molecule has 1 fully saturated rings. The van der Waals surface area contributed by atoms with E-state index in [-0.39, 0.29) is 17.1 Å². The van der Waals surface area contributed by atoms with Crippen LogP contribution in [0.4, 0.5) is 0 Å². The van der Waals surface area contributed by atoms with Gasteiger partial charge in [-0.25, -0.2) is 0 Å². The molecule has 0 aromatic carbocycles. The number of methoxy groups -OCH3 is 1. The van der Waals surface area contributed by atoms with E-state index in [1.165, 1.54) is 0 Å². The zero-order valence-electron chi connectivity index (χ0n) is 11.7. The standard InChI is InChI=1S/C13H23N3O2/c1-12(2,3)9(14)8-10-15-11(16-18-10)13(17-4)6-5-7-13/h9H,5-8,14H2,1-4H3. The lowest BCUT2D eigenvalue weighted by atomic mass is 9.79. The summed E-state index contributed by atoms with van der Waals surface area (Å²) in [4.78, 5) is 4.45. The Morgan fingerprint density at radius 2 is 2.11 bits per heavy atom. The van der Waals surface area contributed by atoms with E-state index in [4.69, 9.17) is 15.0 Å². The van der Waals surface area contributed by atoms with Crippen LogP contribution >= 0.6 is 0 Å². The van der Waals surface area contributed by atoms with E-state index < -0.39 is 0 Å². The molecule has 2 rings (SSSR count). The molecule has 0 spiro atoms. The number of ether oxygens (including phenoxy) is 1. The molecule has 0 amide bonds. The Bertz CT molecular complexity index is 399. The molecular weight excluding hydrogens is 230 g/mol. The van der Waals surface area contributed by atoms with E-state index >= 15 is 0 Å². The van der Waals surface area contributed by atoms with Crippen molar-refractivity contribution < 1.29 is 9.26 Å². The molecule has 0 radical (unpaired) electrons. The summed E-state index contributed by atoms with van der Waals surface area (Å²) in [6.45, 7) is 6.33. The minimum absolute atomic E-state index is 0.00526. The molecule has 0 saturated heterocycles. The molecule has 1 heterocycles. The highest BCUT2D eigenvalue weighted by molar-refractivity contribution is 5.07. The van der Waals surface area contributed by atoms with Crippen molar-refractivity contribution in [2.45, 2.75) is 58.1 Å². The second kappa shape index (κ2) is 4.63. The summed E-state index contributed by atoms with van der Waals surface area (Å²) >= 11 is 0. The van der Waals surface area contributed by atoms with Gasteiger partial charge in [0.25, 0.3) is 0 Å². The van der Waals surface area contributed by atoms with Crippen molar-refractivity contribution in [2.75, 3.05) is 7.11 Å². The first-order valence-electron chi connectivity index (χ1n) is 6.51. The van der Waals surface area contributed by atoms with Gasteiger partial charge in [-0.3, -0.25) is 0 Å². The Morgan fingerprint density at radius 3 is 2.56 bits per heavy atom. The molecule has 2 N–H and O–H groups in total. The molecule has 1 unspecified atom stereocenters. The van der Waals surface area contributed by atoms with Crippen molar-refractivity contribution in [1.29, 1.82) is 0 Å². The summed E-state index contributed by atoms with van der Waals surface area (Å²) in [7, 11) is 1.70. The third-order valence-corrected chi connectivity index (χ3v) is 3.93. The van der Waals surface area contributed by atoms with E-state index in [1.807, 2.05) is 0 Å². The highest BCUT2D eigenvalue weighted by Gasteiger charge is 2.43. The van der Waals surface area contributed by atoms with Gasteiger partial charge in [0.1, 0.15) is 5.60 Å². The molecule has 1 aromatic heterocycles. The Kier molecular flexibility index (Phi) is 3.47. The lowest BCUT2D eigenvalue weighted by molar-refractivity contribution is -0.0858. The van der Waals surface area contributed by atoms with Crippen molar-refractivity contribution in [2.24, 2.45) is 11.1 Å². The first-order chi connectivity index (χ1) is 8.37. The number of hydrogen-bond donors (Lipinski definition) is 1. The predicted octanol–water partition coefficient (Wildman–Crippen LogP) is 2.01. The Labute approximate surface area is 108 Å². The molecule has 1 aliphatic carbocycles. The number of rotatable bonds is 4. The van der Waals surface area contributed by atoms with Gasteiger partial charge in [-0.2, -0.15) is 4.98 Å². The van der Waals surface area contributed by atoms with Crippen LogP contribution in [0.2, 0.25) is 0 Å². The Balaban J connectivity index is 2.07. The minimum Gasteiger partial charge on any atom is -0.370 e. The number of aromatic nitrogens is 2. The van der Waals surface area contributed by atoms with Crippen LogP contribution in [-0.2, 0) is 16.8 Å². The summed E-state index contributed by atoms with van der Waals surface area (Å²) in [5, 5.41) is 4.05. The van der Waals surface area contributed by atoms with E-state index in [0.29, 0.717) is 18.1 Å². The van der Waals surface area contributed by atoms with E-state index in [9.17, 15) is 0 Å². The molecular formula is C13H23N3O2. The summed E-state index contributed by atoms with van der Waals surface area (Å²) in [5.74, 6) is 1.28. The molecule has 1 atom stereocenters. The van der Waals surface area contributed by atoms with Gasteiger partial charge in [0, 0.05) is 19.6 Å². The highest BCUT2D eigenvalue weighted by Crippen LogP contribution is 2.42. The Hall–Kier alpha value is -0.940. The van der Waals surface area contributed by atoms with Crippen molar-refractivity contribution in [3.63, 3.8) is 0 Å². The van der Waals surface area contributed by atoms with Crippen LogP contribution in [0.1, 0.15) is 51.7 Å². The lowest BCUT2D eigenvalue weighted by Gasteiger charge is -2.37. The average Bonchev–Trinajstić information content (AvgIpc) is 2.64. The molecule has 1 aromatic rings. The van der Waals surface area contributed by atoms with Crippen LogP contribution in [-0.4, -0.2) is 23.3 Å². The maximum atomic E-state index is 6.12. The van der Waals surface area contributed by atoms with Gasteiger partial charge in [0.05, 0.1) is 0 Å². The largest absolute Gasteiger partial charge is 0.370 e. The normalized spacial score (nSPS) is 20.5. The summed E-state index contributed by atoms with van der Waals surface area (Å²) in [6, 6.07) is 0.00526. The molecule has 5 heteroatoms. The van der Waals surface area contributed by atoms with Crippen LogP contribution in [0.25, 0.3) is 0 Å². The second-order valence-electron chi connectivity index (χ2n) is 6.24. The number of hydrogen-bond acceptors (Lipinski definition) is 5. The monoisotopic (exact) mass is 253 g/mol. The van der Waals surface area contributed by atoms with Crippen molar-refractivity contribution in [3.05, 3.63) is 11.7 Å². The fourth-order valence-corrected chi connectivity index (χ4v) is 2.03. The Morgan fingerprint density at radius 1 is 1.44 bits per heavy atom. The van der Waals surface area contributed by atoms with Gasteiger partial charge in [0.2, 0.25) is 11.7 Å². The maximum absolute atomic E-state index is 6.12. The molecule has 1 saturated carbocycles. The zero-order valence-corrected chi connectivity index (χ0v) is 11.7. The minimum atomic E-state index is -0.312. The number of nitrogens with two attached hydrogens (primary N) is 1. The van der Waals surface area contributed by atoms with Crippen LogP contribution in [0.3, 0.4) is 0 Å². The predicted molar refractivity (Wildman–Crippen MR) is 68.0 cm³/mol. The van der Waals surface area contributed by atoms with E-state index in [1.54, 1.807) is 7.11 Å². The zero-order chi connectivity index (χ0) is 13.4. The van der Waals surface area contributed by atoms with Crippen LogP contribution < -0.4 is 5.73 Å². The molecule has 0 bridgehead atoms. The second-order valence-corrected chi connectivity index (χ2v) is 6.24. The maximum Gasteiger partial charge on any atom is 0.228 e. The van der Waals surface area contributed by atoms with E-state index in [2.05, 4.69) is 30.9 Å². The average molecular weight is 253 g/mol. The van der Waals surface area contributed by atoms with E-state index in [0.717, 1.165) is 19.3 Å². The summed E-state index contributed by atoms with van der Waals surface area (Å²) in [6.07, 6.45) is 3.69. The third kappa shape index (κ3) is 2.42. The van der Waals surface area contributed by atoms with Crippen molar-refractivity contribution in [1.82, 2.24) is 10.1 Å². The number of nitrogens with zero attached hydrogens (tertiary/aromatic N) is 2. The fourth-order valence-electron chi connectivity index (χ4n) is 2.03. The molecule has 5 nitrogen and oxygen atoms in total. The first kappa shape index (κ1) is 13.5. The van der Waals surface area contributed by atoms with Gasteiger partial charge in [-0.05, 0) is 24.7 Å². The highest BCUT2D eigenvalue weighted by atomic mass is 16.5. The first-order valence-corrected chi connectivity index (χ1v) is 6.51. The fraction of sp³-hybridized carbons (Fsp3) is 0.846. The topological polar surface area (TPSA) is 74.2 Å². The summed E-state index contributed by atoms with van der Waals surface area (Å²) < 4.78 is 10.8. The van der Waals surface area contributed by atoms with Gasteiger partial charge in [-0.1, -0.05) is 25.9 Å². The lowest BCUT2D eigenvalue weighted by Crippen LogP contribution is -2.38. The van der Waals surface area contributed by atoms with Crippen LogP contribution in [0.5, 0.6) is 0 Å². The summed E-state index contributed by atoms with van der Waals surface area (Å²) in [5.41, 5.74) is 5.84. The molecule has 1 aliphatic rings. The molecule has 18 heavy (non-hydrogen) atoms.